The molecule has 1 fully saturated rings. The third-order valence-corrected chi connectivity index (χ3v) is 5.30. The number of fused-ring (bicyclic) bond motifs is 1. The number of aromatic nitrogens is 4. The van der Waals surface area contributed by atoms with Crippen molar-refractivity contribution < 1.29 is 14.7 Å². The third-order valence-electron chi connectivity index (χ3n) is 5.30. The molecule has 0 spiro atoms. The van der Waals surface area contributed by atoms with Gasteiger partial charge in [-0.3, -0.25) is 14.6 Å². The smallest absolute Gasteiger partial charge is 0.303 e. The van der Waals surface area contributed by atoms with E-state index in [1.54, 1.807) is 15.8 Å². The van der Waals surface area contributed by atoms with Gasteiger partial charge in [0.1, 0.15) is 0 Å². The number of amides is 1. The molecular weight excluding hydrogens is 358 g/mol. The maximum absolute atomic E-state index is 12.9. The van der Waals surface area contributed by atoms with Gasteiger partial charge in [0, 0.05) is 31.1 Å². The van der Waals surface area contributed by atoms with Crippen molar-refractivity contribution in [3.8, 4) is 5.69 Å². The zero-order chi connectivity index (χ0) is 19.7. The van der Waals surface area contributed by atoms with Crippen LogP contribution in [0.3, 0.4) is 0 Å². The van der Waals surface area contributed by atoms with Crippen LogP contribution in [0.5, 0.6) is 0 Å². The lowest BCUT2D eigenvalue weighted by Crippen LogP contribution is -2.39. The predicted molar refractivity (Wildman–Crippen MR) is 102 cm³/mol. The van der Waals surface area contributed by atoms with E-state index in [-0.39, 0.29) is 18.2 Å². The van der Waals surface area contributed by atoms with Gasteiger partial charge < -0.3 is 10.0 Å². The summed E-state index contributed by atoms with van der Waals surface area (Å²) in [6.45, 7) is 2.91. The second-order valence-electron chi connectivity index (χ2n) is 7.12. The monoisotopic (exact) mass is 379 g/mol. The maximum Gasteiger partial charge on any atom is 0.303 e. The largest absolute Gasteiger partial charge is 0.481 e. The van der Waals surface area contributed by atoms with Crippen molar-refractivity contribution in [3.63, 3.8) is 0 Å². The molecule has 0 bridgehead atoms. The van der Waals surface area contributed by atoms with E-state index in [9.17, 15) is 9.59 Å². The van der Waals surface area contributed by atoms with Crippen LogP contribution in [0.15, 0.2) is 36.5 Å². The molecule has 1 N–H and O–H groups in total. The molecule has 1 amide bonds. The summed E-state index contributed by atoms with van der Waals surface area (Å²) in [4.78, 5) is 30.0. The Morgan fingerprint density at radius 3 is 2.68 bits per heavy atom. The van der Waals surface area contributed by atoms with Gasteiger partial charge in [0.15, 0.2) is 5.69 Å². The van der Waals surface area contributed by atoms with E-state index < -0.39 is 5.97 Å². The summed E-state index contributed by atoms with van der Waals surface area (Å²) in [6.07, 6.45) is 3.27. The molecule has 28 heavy (non-hydrogen) atoms. The van der Waals surface area contributed by atoms with E-state index in [0.29, 0.717) is 37.3 Å². The highest BCUT2D eigenvalue weighted by molar-refractivity contribution is 5.94. The van der Waals surface area contributed by atoms with Crippen LogP contribution in [0.1, 0.15) is 35.4 Å². The van der Waals surface area contributed by atoms with Crippen LogP contribution in [0.4, 0.5) is 0 Å². The SMILES string of the molecule is Cc1c(C(=O)N2CCC(CC(=O)O)CC2)nnn1-c1cccc2cccnc12. The van der Waals surface area contributed by atoms with Gasteiger partial charge >= 0.3 is 5.97 Å². The zero-order valence-corrected chi connectivity index (χ0v) is 15.6. The van der Waals surface area contributed by atoms with E-state index in [1.165, 1.54) is 0 Å². The minimum absolute atomic E-state index is 0.125. The third kappa shape index (κ3) is 3.33. The van der Waals surface area contributed by atoms with E-state index >= 15 is 0 Å². The number of pyridine rings is 1. The summed E-state index contributed by atoms with van der Waals surface area (Å²) >= 11 is 0. The molecule has 0 saturated carbocycles. The number of carboxylic acid groups (broad SMARTS) is 1. The maximum atomic E-state index is 12.9. The number of hydrogen-bond acceptors (Lipinski definition) is 5. The van der Waals surface area contributed by atoms with Crippen molar-refractivity contribution >= 4 is 22.8 Å². The number of carboxylic acids is 1. The summed E-state index contributed by atoms with van der Waals surface area (Å²) < 4.78 is 1.65. The molecule has 1 aliphatic heterocycles. The first-order chi connectivity index (χ1) is 13.5. The van der Waals surface area contributed by atoms with Crippen molar-refractivity contribution in [1.82, 2.24) is 24.9 Å². The molecule has 3 heterocycles. The minimum atomic E-state index is -0.785. The first-order valence-electron chi connectivity index (χ1n) is 9.32. The van der Waals surface area contributed by atoms with E-state index in [2.05, 4.69) is 15.3 Å². The number of likely N-dealkylation sites (tertiary alicyclic amines) is 1. The average molecular weight is 379 g/mol. The van der Waals surface area contributed by atoms with Crippen LogP contribution in [0.2, 0.25) is 0 Å². The Kier molecular flexibility index (Phi) is 4.77. The number of rotatable bonds is 4. The van der Waals surface area contributed by atoms with Gasteiger partial charge in [0.25, 0.3) is 5.91 Å². The molecule has 8 heteroatoms. The number of benzene rings is 1. The molecule has 2 aromatic heterocycles. The molecule has 8 nitrogen and oxygen atoms in total. The van der Waals surface area contributed by atoms with Crippen LogP contribution in [0.25, 0.3) is 16.6 Å². The Morgan fingerprint density at radius 1 is 1.18 bits per heavy atom. The Bertz CT molecular complexity index is 1030. The predicted octanol–water partition coefficient (Wildman–Crippen LogP) is 2.45. The number of hydrogen-bond donors (Lipinski definition) is 1. The molecule has 0 aliphatic carbocycles. The highest BCUT2D eigenvalue weighted by Crippen LogP contribution is 2.24. The molecular formula is C20H21N5O3. The Labute approximate surface area is 161 Å². The van der Waals surface area contributed by atoms with Crippen molar-refractivity contribution in [2.75, 3.05) is 13.1 Å². The molecule has 4 rings (SSSR count). The van der Waals surface area contributed by atoms with Crippen LogP contribution in [-0.4, -0.2) is 55.0 Å². The molecule has 0 unspecified atom stereocenters. The first-order valence-corrected chi connectivity index (χ1v) is 9.32. The van der Waals surface area contributed by atoms with Gasteiger partial charge in [-0.05, 0) is 37.8 Å². The fraction of sp³-hybridized carbons (Fsp3) is 0.350. The fourth-order valence-corrected chi connectivity index (χ4v) is 3.75. The van der Waals surface area contributed by atoms with Crippen LogP contribution < -0.4 is 0 Å². The summed E-state index contributed by atoms with van der Waals surface area (Å²) in [6, 6.07) is 9.66. The summed E-state index contributed by atoms with van der Waals surface area (Å²) in [5.74, 6) is -0.821. The normalized spacial score (nSPS) is 15.1. The van der Waals surface area contributed by atoms with Gasteiger partial charge in [0.05, 0.1) is 16.9 Å². The van der Waals surface area contributed by atoms with Gasteiger partial charge in [-0.15, -0.1) is 5.10 Å². The van der Waals surface area contributed by atoms with Crippen LogP contribution >= 0.6 is 0 Å². The van der Waals surface area contributed by atoms with Crippen molar-refractivity contribution in [2.24, 2.45) is 5.92 Å². The molecule has 1 aromatic carbocycles. The number of nitrogens with zero attached hydrogens (tertiary/aromatic N) is 5. The lowest BCUT2D eigenvalue weighted by atomic mass is 9.93. The van der Waals surface area contributed by atoms with Crippen molar-refractivity contribution in [2.45, 2.75) is 26.2 Å². The van der Waals surface area contributed by atoms with Gasteiger partial charge in [-0.2, -0.15) is 0 Å². The topological polar surface area (TPSA) is 101 Å². The minimum Gasteiger partial charge on any atom is -0.481 e. The molecule has 0 radical (unpaired) electrons. The second-order valence-corrected chi connectivity index (χ2v) is 7.12. The molecule has 1 saturated heterocycles. The number of aliphatic carboxylic acids is 1. The van der Waals surface area contributed by atoms with Crippen LogP contribution in [0, 0.1) is 12.8 Å². The summed E-state index contributed by atoms with van der Waals surface area (Å²) in [7, 11) is 0. The van der Waals surface area contributed by atoms with Crippen LogP contribution in [-0.2, 0) is 4.79 Å². The highest BCUT2D eigenvalue weighted by atomic mass is 16.4. The highest BCUT2D eigenvalue weighted by Gasteiger charge is 2.28. The van der Waals surface area contributed by atoms with Gasteiger partial charge in [-0.25, -0.2) is 4.68 Å². The van der Waals surface area contributed by atoms with E-state index in [4.69, 9.17) is 5.11 Å². The summed E-state index contributed by atoms with van der Waals surface area (Å²) in [5, 5.41) is 18.3. The molecule has 1 aliphatic rings. The zero-order valence-electron chi connectivity index (χ0n) is 15.6. The van der Waals surface area contributed by atoms with Gasteiger partial charge in [-0.1, -0.05) is 23.4 Å². The molecule has 144 valence electrons. The second kappa shape index (κ2) is 7.38. The lowest BCUT2D eigenvalue weighted by molar-refractivity contribution is -0.138. The van der Waals surface area contributed by atoms with E-state index in [1.807, 2.05) is 37.3 Å². The quantitative estimate of drug-likeness (QED) is 0.747. The van der Waals surface area contributed by atoms with Crippen molar-refractivity contribution in [1.29, 1.82) is 0 Å². The van der Waals surface area contributed by atoms with E-state index in [0.717, 1.165) is 16.6 Å². The molecule has 0 atom stereocenters. The molecule has 3 aromatic rings. The Morgan fingerprint density at radius 2 is 1.93 bits per heavy atom. The van der Waals surface area contributed by atoms with Gasteiger partial charge in [0.2, 0.25) is 0 Å². The Balaban J connectivity index is 1.57. The summed E-state index contributed by atoms with van der Waals surface area (Å²) in [5.41, 5.74) is 2.56. The fourth-order valence-electron chi connectivity index (χ4n) is 3.75. The van der Waals surface area contributed by atoms with Crippen molar-refractivity contribution in [3.05, 3.63) is 47.9 Å². The number of para-hydroxylation sites is 1. The number of carbonyl (C=O) groups is 2. The lowest BCUT2D eigenvalue weighted by Gasteiger charge is -2.30. The average Bonchev–Trinajstić information content (AvgIpc) is 3.08. The number of carbonyl (C=O) groups excluding carboxylic acids is 1. The Hall–Kier alpha value is -3.29. The standard InChI is InChI=1S/C20H21N5O3/c1-13-18(20(28)24-10-7-14(8-11-24)12-17(26)27)22-23-25(13)16-6-2-4-15-5-3-9-21-19(15)16/h2-6,9,14H,7-8,10-12H2,1H3,(H,26,27). The number of piperidine rings is 1. The first kappa shape index (κ1) is 18.1.